The molecule has 1 aromatic heterocycles. The molecule has 5 heteroatoms. The third-order valence-corrected chi connectivity index (χ3v) is 1.63. The molecule has 0 saturated heterocycles. The third kappa shape index (κ3) is 3.49. The Bertz CT molecular complexity index is 365. The summed E-state index contributed by atoms with van der Waals surface area (Å²) in [7, 11) is 0. The van der Waals surface area contributed by atoms with E-state index in [1.165, 1.54) is 0 Å². The van der Waals surface area contributed by atoms with E-state index in [0.29, 0.717) is 5.82 Å². The first-order valence-electron chi connectivity index (χ1n) is 4.10. The Morgan fingerprint density at radius 3 is 2.93 bits per heavy atom. The molecule has 0 spiro atoms. The molecule has 3 N–H and O–H groups in total. The number of rotatable bonds is 3. The number of nitrogens with one attached hydrogen (secondary N) is 1. The molecule has 0 fully saturated rings. The van der Waals surface area contributed by atoms with E-state index in [1.54, 1.807) is 6.07 Å². The molecule has 4 nitrogen and oxygen atoms in total. The number of nitrogens with zero attached hydrogens (tertiary/aromatic N) is 1. The number of nitrogens with two attached hydrogens (primary N) is 1. The monoisotopic (exact) mass is 209 g/mol. The van der Waals surface area contributed by atoms with E-state index < -0.39 is 0 Å². The van der Waals surface area contributed by atoms with Crippen molar-refractivity contribution in [1.29, 1.82) is 0 Å². The summed E-state index contributed by atoms with van der Waals surface area (Å²) in [5.74, 6) is 0.279. The minimum absolute atomic E-state index is 0.0466. The topological polar surface area (TPSA) is 68.0 Å². The molecule has 0 saturated carbocycles. The highest BCUT2D eigenvalue weighted by Crippen LogP contribution is 2.03. The van der Waals surface area contributed by atoms with E-state index in [0.717, 1.165) is 5.69 Å². The Morgan fingerprint density at radius 1 is 1.64 bits per heavy atom. The molecular formula is C9H11N3OS. The maximum atomic E-state index is 11.2. The third-order valence-electron chi connectivity index (χ3n) is 1.49. The van der Waals surface area contributed by atoms with Crippen molar-refractivity contribution in [2.45, 2.75) is 13.3 Å². The number of aromatic nitrogens is 1. The van der Waals surface area contributed by atoms with Crippen molar-refractivity contribution in [1.82, 2.24) is 4.98 Å². The van der Waals surface area contributed by atoms with Gasteiger partial charge in [-0.1, -0.05) is 18.3 Å². The number of carbonyl (C=O) groups excluding carboxylic acids is 1. The summed E-state index contributed by atoms with van der Waals surface area (Å²) in [5.41, 5.74) is 6.07. The molecule has 0 aliphatic heterocycles. The first kappa shape index (κ1) is 10.6. The minimum atomic E-state index is -0.240. The summed E-state index contributed by atoms with van der Waals surface area (Å²) in [4.78, 5) is 15.5. The van der Waals surface area contributed by atoms with Crippen LogP contribution in [0.4, 0.5) is 5.82 Å². The minimum Gasteiger partial charge on any atom is -0.393 e. The fourth-order valence-electron chi connectivity index (χ4n) is 0.958. The predicted molar refractivity (Wildman–Crippen MR) is 59.0 cm³/mol. The van der Waals surface area contributed by atoms with Crippen LogP contribution in [0.2, 0.25) is 0 Å². The molecule has 0 unspecified atom stereocenters. The van der Waals surface area contributed by atoms with E-state index in [9.17, 15) is 4.79 Å². The average Bonchev–Trinajstić information content (AvgIpc) is 2.01. The van der Waals surface area contributed by atoms with Gasteiger partial charge in [-0.3, -0.25) is 4.79 Å². The lowest BCUT2D eigenvalue weighted by molar-refractivity contribution is -0.115. The van der Waals surface area contributed by atoms with Crippen LogP contribution in [0, 0.1) is 6.92 Å². The van der Waals surface area contributed by atoms with Crippen LogP contribution >= 0.6 is 12.2 Å². The van der Waals surface area contributed by atoms with Crippen molar-refractivity contribution in [2.75, 3.05) is 5.32 Å². The van der Waals surface area contributed by atoms with Gasteiger partial charge in [0.05, 0.1) is 11.4 Å². The SMILES string of the molecule is Cc1cccc(NC(=O)CC(N)=S)n1. The van der Waals surface area contributed by atoms with Crippen LogP contribution in [0.25, 0.3) is 0 Å². The molecule has 0 radical (unpaired) electrons. The number of aryl methyl sites for hydroxylation is 1. The zero-order chi connectivity index (χ0) is 10.6. The summed E-state index contributed by atoms with van der Waals surface area (Å²) in [6, 6.07) is 5.38. The Kier molecular flexibility index (Phi) is 3.53. The molecule has 14 heavy (non-hydrogen) atoms. The smallest absolute Gasteiger partial charge is 0.232 e. The highest BCUT2D eigenvalue weighted by molar-refractivity contribution is 7.80. The summed E-state index contributed by atoms with van der Waals surface area (Å²) in [6.07, 6.45) is 0.0466. The van der Waals surface area contributed by atoms with Crippen LogP contribution in [0.5, 0.6) is 0 Å². The lowest BCUT2D eigenvalue weighted by atomic mass is 10.3. The molecule has 1 aromatic rings. The van der Waals surface area contributed by atoms with Crippen molar-refractivity contribution in [3.8, 4) is 0 Å². The molecule has 0 aliphatic carbocycles. The van der Waals surface area contributed by atoms with Gasteiger partial charge in [-0.05, 0) is 19.1 Å². The molecule has 1 rings (SSSR count). The fraction of sp³-hybridized carbons (Fsp3) is 0.222. The zero-order valence-corrected chi connectivity index (χ0v) is 8.60. The van der Waals surface area contributed by atoms with Crippen LogP contribution in [-0.2, 0) is 4.79 Å². The first-order chi connectivity index (χ1) is 6.58. The van der Waals surface area contributed by atoms with Gasteiger partial charge in [0.2, 0.25) is 5.91 Å². The quantitative estimate of drug-likeness (QED) is 0.729. The Labute approximate surface area is 87.5 Å². The van der Waals surface area contributed by atoms with E-state index >= 15 is 0 Å². The Morgan fingerprint density at radius 2 is 2.36 bits per heavy atom. The lowest BCUT2D eigenvalue weighted by Crippen LogP contribution is -2.20. The van der Waals surface area contributed by atoms with Crippen LogP contribution in [0.1, 0.15) is 12.1 Å². The molecule has 1 heterocycles. The molecule has 1 amide bonds. The van der Waals surface area contributed by atoms with Gasteiger partial charge in [0.1, 0.15) is 5.82 Å². The maximum absolute atomic E-state index is 11.2. The van der Waals surface area contributed by atoms with E-state index in [1.807, 2.05) is 19.1 Å². The van der Waals surface area contributed by atoms with Gasteiger partial charge in [-0.2, -0.15) is 0 Å². The predicted octanol–water partition coefficient (Wildman–Crippen LogP) is 1.00. The molecule has 0 atom stereocenters. The molecule has 0 bridgehead atoms. The second-order valence-corrected chi connectivity index (χ2v) is 3.38. The fourth-order valence-corrected chi connectivity index (χ4v) is 1.09. The molecular weight excluding hydrogens is 198 g/mol. The van der Waals surface area contributed by atoms with E-state index in [4.69, 9.17) is 5.73 Å². The number of hydrogen-bond acceptors (Lipinski definition) is 3. The van der Waals surface area contributed by atoms with Gasteiger partial charge in [-0.25, -0.2) is 4.98 Å². The van der Waals surface area contributed by atoms with E-state index in [-0.39, 0.29) is 17.3 Å². The summed E-state index contributed by atoms with van der Waals surface area (Å²) >= 11 is 4.61. The number of pyridine rings is 1. The van der Waals surface area contributed by atoms with Crippen molar-refractivity contribution >= 4 is 28.9 Å². The molecule has 74 valence electrons. The summed E-state index contributed by atoms with van der Waals surface area (Å²) in [5, 5.41) is 2.60. The van der Waals surface area contributed by atoms with Gasteiger partial charge in [0.25, 0.3) is 0 Å². The highest BCUT2D eigenvalue weighted by Gasteiger charge is 2.04. The van der Waals surface area contributed by atoms with E-state index in [2.05, 4.69) is 22.5 Å². The number of carbonyl (C=O) groups is 1. The van der Waals surface area contributed by atoms with Crippen molar-refractivity contribution < 1.29 is 4.79 Å². The number of amides is 1. The van der Waals surface area contributed by atoms with Gasteiger partial charge in [-0.15, -0.1) is 0 Å². The average molecular weight is 209 g/mol. The van der Waals surface area contributed by atoms with Gasteiger partial charge in [0, 0.05) is 5.69 Å². The highest BCUT2D eigenvalue weighted by atomic mass is 32.1. The van der Waals surface area contributed by atoms with Gasteiger partial charge in [0.15, 0.2) is 0 Å². The Hall–Kier alpha value is -1.49. The molecule has 0 aliphatic rings. The van der Waals surface area contributed by atoms with Crippen LogP contribution in [0.3, 0.4) is 0 Å². The largest absolute Gasteiger partial charge is 0.393 e. The van der Waals surface area contributed by atoms with Crippen molar-refractivity contribution in [3.05, 3.63) is 23.9 Å². The normalized spacial score (nSPS) is 9.50. The van der Waals surface area contributed by atoms with Gasteiger partial charge < -0.3 is 11.1 Å². The summed E-state index contributed by atoms with van der Waals surface area (Å²) in [6.45, 7) is 1.85. The van der Waals surface area contributed by atoms with Crippen molar-refractivity contribution in [2.24, 2.45) is 5.73 Å². The molecule has 0 aromatic carbocycles. The van der Waals surface area contributed by atoms with Gasteiger partial charge >= 0.3 is 0 Å². The van der Waals surface area contributed by atoms with Crippen LogP contribution in [-0.4, -0.2) is 15.9 Å². The van der Waals surface area contributed by atoms with Crippen molar-refractivity contribution in [3.63, 3.8) is 0 Å². The standard InChI is InChI=1S/C9H11N3OS/c1-6-3-2-4-8(11-6)12-9(13)5-7(10)14/h2-4H,5H2,1H3,(H2,10,14)(H,11,12,13). The number of anilines is 1. The second-order valence-electron chi connectivity index (χ2n) is 2.86. The first-order valence-corrected chi connectivity index (χ1v) is 4.50. The maximum Gasteiger partial charge on any atom is 0.232 e. The van der Waals surface area contributed by atoms with Crippen LogP contribution in [0.15, 0.2) is 18.2 Å². The van der Waals surface area contributed by atoms with Crippen LogP contribution < -0.4 is 11.1 Å². The zero-order valence-electron chi connectivity index (χ0n) is 7.78. The Balaban J connectivity index is 2.60. The second kappa shape index (κ2) is 4.66. The number of hydrogen-bond donors (Lipinski definition) is 2. The number of thiocarbonyl (C=S) groups is 1. The lowest BCUT2D eigenvalue weighted by Gasteiger charge is -2.03. The summed E-state index contributed by atoms with van der Waals surface area (Å²) < 4.78 is 0.